The first-order valence-electron chi connectivity index (χ1n) is 9.08. The Hall–Kier alpha value is -2.47. The molecule has 0 aliphatic heterocycles. The number of aryl methyl sites for hydroxylation is 1. The highest BCUT2D eigenvalue weighted by Gasteiger charge is 2.14. The first-order chi connectivity index (χ1) is 13.0. The van der Waals surface area contributed by atoms with Crippen molar-refractivity contribution in [2.45, 2.75) is 25.2 Å². The molecule has 0 fully saturated rings. The number of benzene rings is 2. The van der Waals surface area contributed by atoms with Crippen molar-refractivity contribution in [3.8, 4) is 0 Å². The van der Waals surface area contributed by atoms with Gasteiger partial charge in [0.15, 0.2) is 5.16 Å². The predicted molar refractivity (Wildman–Crippen MR) is 113 cm³/mol. The SMILES string of the molecule is CCn1c(SCC(=O)N(C)Cc2ccc(N(C)C)cc2)nc2ccccc21. The van der Waals surface area contributed by atoms with Gasteiger partial charge in [0.05, 0.1) is 16.8 Å². The maximum Gasteiger partial charge on any atom is 0.233 e. The Kier molecular flexibility index (Phi) is 6.06. The number of anilines is 1. The molecular weight excluding hydrogens is 356 g/mol. The third-order valence-corrected chi connectivity index (χ3v) is 5.52. The minimum atomic E-state index is 0.103. The zero-order valence-electron chi connectivity index (χ0n) is 16.3. The molecule has 0 radical (unpaired) electrons. The van der Waals surface area contributed by atoms with Crippen LogP contribution in [0.15, 0.2) is 53.7 Å². The van der Waals surface area contributed by atoms with E-state index in [0.29, 0.717) is 12.3 Å². The van der Waals surface area contributed by atoms with Crippen molar-refractivity contribution in [3.63, 3.8) is 0 Å². The smallest absolute Gasteiger partial charge is 0.233 e. The largest absolute Gasteiger partial charge is 0.378 e. The van der Waals surface area contributed by atoms with Gasteiger partial charge >= 0.3 is 0 Å². The van der Waals surface area contributed by atoms with Gasteiger partial charge < -0.3 is 14.4 Å². The summed E-state index contributed by atoms with van der Waals surface area (Å²) >= 11 is 1.50. The molecule has 1 aromatic heterocycles. The summed E-state index contributed by atoms with van der Waals surface area (Å²) in [6.07, 6.45) is 0. The monoisotopic (exact) mass is 382 g/mol. The molecule has 0 spiro atoms. The van der Waals surface area contributed by atoms with Crippen LogP contribution in [0.4, 0.5) is 5.69 Å². The normalized spacial score (nSPS) is 11.0. The van der Waals surface area contributed by atoms with Gasteiger partial charge in [-0.05, 0) is 36.8 Å². The average molecular weight is 383 g/mol. The van der Waals surface area contributed by atoms with Crippen molar-refractivity contribution < 1.29 is 4.79 Å². The molecule has 1 amide bonds. The van der Waals surface area contributed by atoms with E-state index in [2.05, 4.69) is 51.7 Å². The Balaban J connectivity index is 1.62. The molecule has 142 valence electrons. The lowest BCUT2D eigenvalue weighted by atomic mass is 10.2. The van der Waals surface area contributed by atoms with E-state index in [4.69, 9.17) is 0 Å². The van der Waals surface area contributed by atoms with Crippen LogP contribution in [0.3, 0.4) is 0 Å². The number of carbonyl (C=O) groups is 1. The minimum absolute atomic E-state index is 0.103. The Morgan fingerprint density at radius 3 is 2.44 bits per heavy atom. The van der Waals surface area contributed by atoms with Crippen molar-refractivity contribution >= 4 is 34.4 Å². The zero-order chi connectivity index (χ0) is 19.4. The molecule has 3 rings (SSSR count). The quantitative estimate of drug-likeness (QED) is 0.582. The lowest BCUT2D eigenvalue weighted by Crippen LogP contribution is -2.28. The van der Waals surface area contributed by atoms with Gasteiger partial charge in [-0.15, -0.1) is 0 Å². The summed E-state index contributed by atoms with van der Waals surface area (Å²) in [5.74, 6) is 0.488. The van der Waals surface area contributed by atoms with E-state index in [1.54, 1.807) is 4.90 Å². The lowest BCUT2D eigenvalue weighted by Gasteiger charge is -2.18. The highest BCUT2D eigenvalue weighted by Crippen LogP contribution is 2.24. The molecular formula is C21H26N4OS. The number of fused-ring (bicyclic) bond motifs is 1. The van der Waals surface area contributed by atoms with E-state index in [9.17, 15) is 4.79 Å². The van der Waals surface area contributed by atoms with Crippen LogP contribution < -0.4 is 4.90 Å². The number of para-hydroxylation sites is 2. The molecule has 2 aromatic carbocycles. The fraction of sp³-hybridized carbons (Fsp3) is 0.333. The van der Waals surface area contributed by atoms with Gasteiger partial charge in [-0.3, -0.25) is 4.79 Å². The molecule has 0 saturated carbocycles. The van der Waals surface area contributed by atoms with Crippen LogP contribution in [-0.2, 0) is 17.9 Å². The Morgan fingerprint density at radius 1 is 1.07 bits per heavy atom. The maximum atomic E-state index is 12.6. The van der Waals surface area contributed by atoms with E-state index in [0.717, 1.165) is 34.0 Å². The molecule has 0 saturated heterocycles. The number of carbonyl (C=O) groups excluding carboxylic acids is 1. The summed E-state index contributed by atoms with van der Waals surface area (Å²) in [6.45, 7) is 3.55. The Labute approximate surface area is 165 Å². The number of amides is 1. The number of rotatable bonds is 7. The molecule has 1 heterocycles. The van der Waals surface area contributed by atoms with E-state index in [1.807, 2.05) is 39.3 Å². The van der Waals surface area contributed by atoms with E-state index in [1.165, 1.54) is 11.8 Å². The van der Waals surface area contributed by atoms with E-state index < -0.39 is 0 Å². The van der Waals surface area contributed by atoms with Crippen LogP contribution >= 0.6 is 11.8 Å². The molecule has 3 aromatic rings. The van der Waals surface area contributed by atoms with Crippen LogP contribution in [0.5, 0.6) is 0 Å². The standard InChI is InChI=1S/C21H26N4OS/c1-5-25-19-9-7-6-8-18(19)22-21(25)27-15-20(26)24(4)14-16-10-12-17(13-11-16)23(2)3/h6-13H,5,14-15H2,1-4H3. The summed E-state index contributed by atoms with van der Waals surface area (Å²) in [7, 11) is 5.89. The molecule has 0 unspecified atom stereocenters. The van der Waals surface area contributed by atoms with E-state index >= 15 is 0 Å². The second-order valence-corrected chi connectivity index (χ2v) is 7.67. The van der Waals surface area contributed by atoms with Crippen molar-refractivity contribution in [2.24, 2.45) is 0 Å². The first-order valence-corrected chi connectivity index (χ1v) is 10.1. The topological polar surface area (TPSA) is 41.4 Å². The predicted octanol–water partition coefficient (Wildman–Crippen LogP) is 3.87. The van der Waals surface area contributed by atoms with Crippen molar-refractivity contribution in [1.82, 2.24) is 14.5 Å². The highest BCUT2D eigenvalue weighted by molar-refractivity contribution is 7.99. The highest BCUT2D eigenvalue weighted by atomic mass is 32.2. The minimum Gasteiger partial charge on any atom is -0.378 e. The van der Waals surface area contributed by atoms with Crippen LogP contribution in [-0.4, -0.2) is 47.3 Å². The third-order valence-electron chi connectivity index (χ3n) is 4.56. The fourth-order valence-corrected chi connectivity index (χ4v) is 3.99. The maximum absolute atomic E-state index is 12.6. The molecule has 0 N–H and O–H groups in total. The molecule has 0 aliphatic carbocycles. The van der Waals surface area contributed by atoms with Crippen molar-refractivity contribution in [2.75, 3.05) is 31.8 Å². The molecule has 27 heavy (non-hydrogen) atoms. The molecule has 0 bridgehead atoms. The molecule has 6 heteroatoms. The number of nitrogens with zero attached hydrogens (tertiary/aromatic N) is 4. The first kappa shape index (κ1) is 19.3. The van der Waals surface area contributed by atoms with E-state index in [-0.39, 0.29) is 5.91 Å². The van der Waals surface area contributed by atoms with Gasteiger partial charge in [0.2, 0.25) is 5.91 Å². The van der Waals surface area contributed by atoms with Gasteiger partial charge in [0.1, 0.15) is 0 Å². The number of aromatic nitrogens is 2. The number of thioether (sulfide) groups is 1. The number of imidazole rings is 1. The van der Waals surface area contributed by atoms with Gasteiger partial charge in [0, 0.05) is 39.9 Å². The van der Waals surface area contributed by atoms with Crippen LogP contribution in [0.25, 0.3) is 11.0 Å². The van der Waals surface area contributed by atoms with Gasteiger partial charge in [0.25, 0.3) is 0 Å². The van der Waals surface area contributed by atoms with Gasteiger partial charge in [-0.2, -0.15) is 0 Å². The van der Waals surface area contributed by atoms with Crippen LogP contribution in [0.2, 0.25) is 0 Å². The van der Waals surface area contributed by atoms with Crippen LogP contribution in [0.1, 0.15) is 12.5 Å². The molecule has 0 aliphatic rings. The summed E-state index contributed by atoms with van der Waals surface area (Å²) in [5, 5.41) is 0.899. The summed E-state index contributed by atoms with van der Waals surface area (Å²) < 4.78 is 2.16. The van der Waals surface area contributed by atoms with Crippen LogP contribution in [0, 0.1) is 0 Å². The van der Waals surface area contributed by atoms with Gasteiger partial charge in [-0.25, -0.2) is 4.98 Å². The van der Waals surface area contributed by atoms with Gasteiger partial charge in [-0.1, -0.05) is 36.0 Å². The Morgan fingerprint density at radius 2 is 1.78 bits per heavy atom. The lowest BCUT2D eigenvalue weighted by molar-refractivity contribution is -0.127. The second-order valence-electron chi connectivity index (χ2n) is 6.73. The summed E-state index contributed by atoms with van der Waals surface area (Å²) in [5.41, 5.74) is 4.37. The second kappa shape index (κ2) is 8.48. The Bertz CT molecular complexity index is 918. The third kappa shape index (κ3) is 4.45. The average Bonchev–Trinajstić information content (AvgIpc) is 3.03. The number of hydrogen-bond acceptors (Lipinski definition) is 4. The fourth-order valence-electron chi connectivity index (χ4n) is 2.97. The number of hydrogen-bond donors (Lipinski definition) is 0. The molecule has 5 nitrogen and oxygen atoms in total. The summed E-state index contributed by atoms with van der Waals surface area (Å²) in [6, 6.07) is 16.4. The summed E-state index contributed by atoms with van der Waals surface area (Å²) in [4.78, 5) is 21.1. The van der Waals surface area contributed by atoms with Crippen molar-refractivity contribution in [3.05, 3.63) is 54.1 Å². The zero-order valence-corrected chi connectivity index (χ0v) is 17.2. The molecule has 0 atom stereocenters. The van der Waals surface area contributed by atoms with Crippen molar-refractivity contribution in [1.29, 1.82) is 0 Å².